The Bertz CT molecular complexity index is 792. The highest BCUT2D eigenvalue weighted by Crippen LogP contribution is 2.22. The fourth-order valence-electron chi connectivity index (χ4n) is 2.20. The third-order valence-electron chi connectivity index (χ3n) is 3.73. The molecule has 0 saturated carbocycles. The molecule has 2 aromatic carbocycles. The van der Waals surface area contributed by atoms with Crippen molar-refractivity contribution in [3.63, 3.8) is 0 Å². The van der Waals surface area contributed by atoms with Gasteiger partial charge in [0.2, 0.25) is 0 Å². The molecule has 0 aliphatic heterocycles. The summed E-state index contributed by atoms with van der Waals surface area (Å²) in [6.07, 6.45) is 0. The number of nitrogens with one attached hydrogen (secondary N) is 1. The van der Waals surface area contributed by atoms with Gasteiger partial charge in [0.15, 0.2) is 13.2 Å². The van der Waals surface area contributed by atoms with Crippen molar-refractivity contribution in [3.05, 3.63) is 65.7 Å². The van der Waals surface area contributed by atoms with Gasteiger partial charge in [-0.3, -0.25) is 14.9 Å². The van der Waals surface area contributed by atoms with E-state index in [0.29, 0.717) is 11.3 Å². The van der Waals surface area contributed by atoms with Gasteiger partial charge in [-0.15, -0.1) is 0 Å². The lowest BCUT2D eigenvalue weighted by atomic mass is 9.87. The van der Waals surface area contributed by atoms with Gasteiger partial charge in [0.1, 0.15) is 5.75 Å². The van der Waals surface area contributed by atoms with E-state index in [1.54, 1.807) is 36.4 Å². The molecule has 0 spiro atoms. The van der Waals surface area contributed by atoms with E-state index in [9.17, 15) is 14.4 Å². The lowest BCUT2D eigenvalue weighted by molar-refractivity contribution is -0.150. The molecule has 0 aliphatic carbocycles. The van der Waals surface area contributed by atoms with Crippen LogP contribution in [0.15, 0.2) is 54.6 Å². The molecule has 0 radical (unpaired) electrons. The summed E-state index contributed by atoms with van der Waals surface area (Å²) in [6.45, 7) is 5.34. The van der Waals surface area contributed by atoms with Crippen LogP contribution in [-0.4, -0.2) is 31.0 Å². The number of hydrogen-bond donors (Lipinski definition) is 1. The summed E-state index contributed by atoms with van der Waals surface area (Å²) in [5, 5.41) is 2.19. The number of benzene rings is 2. The summed E-state index contributed by atoms with van der Waals surface area (Å²) in [7, 11) is 0. The number of esters is 1. The average Bonchev–Trinajstić information content (AvgIpc) is 2.65. The number of ether oxygens (including phenoxy) is 2. The van der Waals surface area contributed by atoms with E-state index in [-0.39, 0.29) is 12.0 Å². The largest absolute Gasteiger partial charge is 0.482 e. The number of rotatable bonds is 6. The SMILES string of the molecule is CC(C)(C)c1ccc(C(=O)NC(=O)COC(=O)COc2ccccc2)cc1. The Labute approximate surface area is 158 Å². The molecule has 6 heteroatoms. The van der Waals surface area contributed by atoms with Crippen LogP contribution in [0, 0.1) is 0 Å². The molecule has 0 heterocycles. The molecule has 27 heavy (non-hydrogen) atoms. The van der Waals surface area contributed by atoms with Crippen LogP contribution < -0.4 is 10.1 Å². The van der Waals surface area contributed by atoms with E-state index in [1.807, 2.05) is 18.2 Å². The van der Waals surface area contributed by atoms with Crippen LogP contribution in [0.25, 0.3) is 0 Å². The number of carbonyl (C=O) groups is 3. The third kappa shape index (κ3) is 6.58. The second-order valence-corrected chi connectivity index (χ2v) is 6.97. The van der Waals surface area contributed by atoms with Crippen LogP contribution in [0.4, 0.5) is 0 Å². The number of amides is 2. The molecule has 0 unspecified atom stereocenters. The zero-order valence-corrected chi connectivity index (χ0v) is 15.7. The topological polar surface area (TPSA) is 81.7 Å². The van der Waals surface area contributed by atoms with Crippen molar-refractivity contribution in [2.24, 2.45) is 0 Å². The summed E-state index contributed by atoms with van der Waals surface area (Å²) in [5.74, 6) is -1.42. The number of hydrogen-bond acceptors (Lipinski definition) is 5. The molecule has 0 fully saturated rings. The zero-order valence-electron chi connectivity index (χ0n) is 15.7. The predicted octanol–water partition coefficient (Wildman–Crippen LogP) is 2.86. The zero-order chi connectivity index (χ0) is 19.9. The van der Waals surface area contributed by atoms with Gasteiger partial charge in [0.25, 0.3) is 11.8 Å². The molecule has 0 atom stereocenters. The van der Waals surface area contributed by atoms with E-state index < -0.39 is 24.4 Å². The number of imide groups is 1. The fourth-order valence-corrected chi connectivity index (χ4v) is 2.20. The molecule has 0 bridgehead atoms. The Morgan fingerprint density at radius 1 is 0.889 bits per heavy atom. The van der Waals surface area contributed by atoms with Crippen molar-refractivity contribution in [1.82, 2.24) is 5.32 Å². The Morgan fingerprint density at radius 3 is 2.11 bits per heavy atom. The highest BCUT2D eigenvalue weighted by atomic mass is 16.6. The Hall–Kier alpha value is -3.15. The second kappa shape index (κ2) is 8.98. The van der Waals surface area contributed by atoms with Crippen LogP contribution in [-0.2, 0) is 19.7 Å². The van der Waals surface area contributed by atoms with Crippen LogP contribution in [0.2, 0.25) is 0 Å². The fraction of sp³-hybridized carbons (Fsp3) is 0.286. The van der Waals surface area contributed by atoms with Crippen molar-refractivity contribution >= 4 is 17.8 Å². The maximum atomic E-state index is 12.1. The van der Waals surface area contributed by atoms with Crippen LogP contribution in [0.3, 0.4) is 0 Å². The highest BCUT2D eigenvalue weighted by molar-refractivity contribution is 6.05. The number of para-hydroxylation sites is 1. The number of carbonyl (C=O) groups excluding carboxylic acids is 3. The second-order valence-electron chi connectivity index (χ2n) is 6.97. The summed E-state index contributed by atoms with van der Waals surface area (Å²) >= 11 is 0. The van der Waals surface area contributed by atoms with Gasteiger partial charge in [0.05, 0.1) is 0 Å². The third-order valence-corrected chi connectivity index (χ3v) is 3.73. The molecule has 0 aromatic heterocycles. The lowest BCUT2D eigenvalue weighted by Crippen LogP contribution is -2.34. The van der Waals surface area contributed by atoms with Crippen molar-refractivity contribution in [2.75, 3.05) is 13.2 Å². The monoisotopic (exact) mass is 369 g/mol. The maximum Gasteiger partial charge on any atom is 0.344 e. The quantitative estimate of drug-likeness (QED) is 0.792. The summed E-state index contributed by atoms with van der Waals surface area (Å²) in [5.41, 5.74) is 1.41. The average molecular weight is 369 g/mol. The molecule has 0 saturated heterocycles. The van der Waals surface area contributed by atoms with Crippen molar-refractivity contribution in [2.45, 2.75) is 26.2 Å². The van der Waals surface area contributed by atoms with Crippen LogP contribution >= 0.6 is 0 Å². The van der Waals surface area contributed by atoms with Crippen LogP contribution in [0.1, 0.15) is 36.7 Å². The first-order chi connectivity index (χ1) is 12.8. The van der Waals surface area contributed by atoms with Crippen molar-refractivity contribution in [1.29, 1.82) is 0 Å². The molecule has 6 nitrogen and oxygen atoms in total. The van der Waals surface area contributed by atoms with E-state index >= 15 is 0 Å². The van der Waals surface area contributed by atoms with Gasteiger partial charge >= 0.3 is 5.97 Å². The standard InChI is InChI=1S/C21H23NO5/c1-21(2,3)16-11-9-15(10-12-16)20(25)22-18(23)13-27-19(24)14-26-17-7-5-4-6-8-17/h4-12H,13-14H2,1-3H3,(H,22,23,25). The lowest BCUT2D eigenvalue weighted by Gasteiger charge is -2.19. The Kier molecular flexibility index (Phi) is 6.71. The molecule has 2 amide bonds. The van der Waals surface area contributed by atoms with E-state index in [1.165, 1.54) is 0 Å². The normalized spacial score (nSPS) is 10.8. The molecule has 2 rings (SSSR count). The highest BCUT2D eigenvalue weighted by Gasteiger charge is 2.16. The first-order valence-electron chi connectivity index (χ1n) is 8.54. The first kappa shape index (κ1) is 20.2. The summed E-state index contributed by atoms with van der Waals surface area (Å²) in [6, 6.07) is 15.8. The van der Waals surface area contributed by atoms with Crippen LogP contribution in [0.5, 0.6) is 5.75 Å². The van der Waals surface area contributed by atoms with E-state index in [4.69, 9.17) is 9.47 Å². The molecule has 0 aliphatic rings. The molecule has 142 valence electrons. The summed E-state index contributed by atoms with van der Waals surface area (Å²) < 4.78 is 10.0. The van der Waals surface area contributed by atoms with Gasteiger partial charge in [0, 0.05) is 5.56 Å². The Morgan fingerprint density at radius 2 is 1.52 bits per heavy atom. The predicted molar refractivity (Wildman–Crippen MR) is 101 cm³/mol. The maximum absolute atomic E-state index is 12.1. The van der Waals surface area contributed by atoms with E-state index in [0.717, 1.165) is 5.56 Å². The minimum Gasteiger partial charge on any atom is -0.482 e. The van der Waals surface area contributed by atoms with Gasteiger partial charge in [-0.1, -0.05) is 51.1 Å². The van der Waals surface area contributed by atoms with Gasteiger partial charge in [-0.2, -0.15) is 0 Å². The molecular weight excluding hydrogens is 346 g/mol. The summed E-state index contributed by atoms with van der Waals surface area (Å²) in [4.78, 5) is 35.5. The van der Waals surface area contributed by atoms with Crippen molar-refractivity contribution in [3.8, 4) is 5.75 Å². The molecule has 2 aromatic rings. The van der Waals surface area contributed by atoms with Gasteiger partial charge in [-0.05, 0) is 35.2 Å². The van der Waals surface area contributed by atoms with Gasteiger partial charge in [-0.25, -0.2) is 4.79 Å². The minimum atomic E-state index is -0.701. The Balaban J connectivity index is 1.76. The smallest absolute Gasteiger partial charge is 0.344 e. The van der Waals surface area contributed by atoms with E-state index in [2.05, 4.69) is 26.1 Å². The molecular formula is C21H23NO5. The van der Waals surface area contributed by atoms with Crippen molar-refractivity contribution < 1.29 is 23.9 Å². The van der Waals surface area contributed by atoms with Gasteiger partial charge < -0.3 is 9.47 Å². The molecule has 1 N–H and O–H groups in total. The minimum absolute atomic E-state index is 0.0269. The first-order valence-corrected chi connectivity index (χ1v) is 8.54.